The first-order valence-corrected chi connectivity index (χ1v) is 9.36. The van der Waals surface area contributed by atoms with Crippen LogP contribution in [-0.2, 0) is 11.3 Å². The van der Waals surface area contributed by atoms with E-state index in [9.17, 15) is 4.79 Å². The molecule has 1 N–H and O–H groups in total. The van der Waals surface area contributed by atoms with Crippen LogP contribution in [0.4, 0.5) is 5.82 Å². The number of benzene rings is 1. The lowest BCUT2D eigenvalue weighted by Gasteiger charge is -2.17. The largest absolute Gasteiger partial charge is 0.493 e. The fourth-order valence-corrected chi connectivity index (χ4v) is 3.15. The maximum atomic E-state index is 12.2. The number of aromatic nitrogens is 2. The lowest BCUT2D eigenvalue weighted by molar-refractivity contribution is -0.116. The molecule has 148 valence electrons. The van der Waals surface area contributed by atoms with Gasteiger partial charge in [-0.3, -0.25) is 4.79 Å². The first-order chi connectivity index (χ1) is 13.6. The summed E-state index contributed by atoms with van der Waals surface area (Å²) in [4.78, 5) is 23.5. The molecule has 0 saturated carbocycles. The molecule has 0 spiro atoms. The minimum atomic E-state index is -0.206. The third-order valence-corrected chi connectivity index (χ3v) is 4.57. The zero-order valence-electron chi connectivity index (χ0n) is 16.6. The van der Waals surface area contributed by atoms with Gasteiger partial charge in [0.2, 0.25) is 5.91 Å². The summed E-state index contributed by atoms with van der Waals surface area (Å²) in [6.07, 6.45) is 5.59. The third-order valence-electron chi connectivity index (χ3n) is 4.57. The van der Waals surface area contributed by atoms with Gasteiger partial charge in [0.25, 0.3) is 0 Å². The Bertz CT molecular complexity index is 861. The van der Waals surface area contributed by atoms with Gasteiger partial charge in [0.15, 0.2) is 11.5 Å². The van der Waals surface area contributed by atoms with Crippen molar-refractivity contribution in [1.82, 2.24) is 15.3 Å². The number of rotatable bonds is 7. The summed E-state index contributed by atoms with van der Waals surface area (Å²) in [6.45, 7) is 4.29. The van der Waals surface area contributed by atoms with Gasteiger partial charge in [-0.1, -0.05) is 6.07 Å². The van der Waals surface area contributed by atoms with E-state index in [4.69, 9.17) is 9.47 Å². The lowest BCUT2D eigenvalue weighted by atomic mass is 10.2. The fourth-order valence-electron chi connectivity index (χ4n) is 3.15. The van der Waals surface area contributed by atoms with Crippen LogP contribution in [0.5, 0.6) is 11.5 Å². The molecule has 1 aliphatic heterocycles. The van der Waals surface area contributed by atoms with E-state index < -0.39 is 0 Å². The van der Waals surface area contributed by atoms with Crippen molar-refractivity contribution in [3.05, 3.63) is 47.4 Å². The van der Waals surface area contributed by atoms with Gasteiger partial charge in [0, 0.05) is 30.9 Å². The normalized spacial score (nSPS) is 13.8. The Kier molecular flexibility index (Phi) is 6.47. The summed E-state index contributed by atoms with van der Waals surface area (Å²) in [6, 6.07) is 7.47. The molecule has 1 aliphatic rings. The molecule has 1 amide bonds. The van der Waals surface area contributed by atoms with Crippen molar-refractivity contribution in [1.29, 1.82) is 0 Å². The number of carbonyl (C=O) groups is 1. The second kappa shape index (κ2) is 9.21. The van der Waals surface area contributed by atoms with Crippen molar-refractivity contribution in [3.8, 4) is 11.5 Å². The number of nitrogens with one attached hydrogen (secondary N) is 1. The number of carbonyl (C=O) groups excluding carboxylic acids is 1. The van der Waals surface area contributed by atoms with Crippen LogP contribution in [-0.4, -0.2) is 43.2 Å². The summed E-state index contributed by atoms with van der Waals surface area (Å²) >= 11 is 0. The van der Waals surface area contributed by atoms with E-state index in [1.807, 2.05) is 25.1 Å². The number of methoxy groups -OCH3 is 2. The van der Waals surface area contributed by atoms with E-state index in [1.165, 1.54) is 18.9 Å². The maximum Gasteiger partial charge on any atom is 0.244 e. The van der Waals surface area contributed by atoms with E-state index in [0.29, 0.717) is 17.3 Å². The molecule has 0 bridgehead atoms. The Labute approximate surface area is 165 Å². The lowest BCUT2D eigenvalue weighted by Crippen LogP contribution is -2.24. The van der Waals surface area contributed by atoms with Crippen molar-refractivity contribution < 1.29 is 14.3 Å². The van der Waals surface area contributed by atoms with Gasteiger partial charge < -0.3 is 19.7 Å². The highest BCUT2D eigenvalue weighted by Crippen LogP contribution is 2.27. The van der Waals surface area contributed by atoms with E-state index in [0.717, 1.165) is 30.2 Å². The molecule has 1 saturated heterocycles. The van der Waals surface area contributed by atoms with Crippen molar-refractivity contribution in [2.24, 2.45) is 0 Å². The molecule has 7 heteroatoms. The number of hydrogen-bond donors (Lipinski definition) is 1. The van der Waals surface area contributed by atoms with Crippen LogP contribution < -0.4 is 19.7 Å². The Morgan fingerprint density at radius 1 is 1.14 bits per heavy atom. The van der Waals surface area contributed by atoms with Crippen molar-refractivity contribution in [2.75, 3.05) is 32.2 Å². The Hall–Kier alpha value is -3.09. The second-order valence-electron chi connectivity index (χ2n) is 6.64. The predicted octanol–water partition coefficient (Wildman–Crippen LogP) is 2.73. The number of anilines is 1. The first-order valence-electron chi connectivity index (χ1n) is 9.36. The van der Waals surface area contributed by atoms with Crippen molar-refractivity contribution in [2.45, 2.75) is 26.3 Å². The predicted molar refractivity (Wildman–Crippen MR) is 109 cm³/mol. The van der Waals surface area contributed by atoms with E-state index in [-0.39, 0.29) is 12.5 Å². The molecular weight excluding hydrogens is 356 g/mol. The van der Waals surface area contributed by atoms with Crippen LogP contribution in [0, 0.1) is 6.92 Å². The summed E-state index contributed by atoms with van der Waals surface area (Å²) in [5, 5.41) is 2.84. The van der Waals surface area contributed by atoms with Gasteiger partial charge in [0.1, 0.15) is 11.6 Å². The average Bonchev–Trinajstić information content (AvgIpc) is 3.25. The minimum Gasteiger partial charge on any atom is -0.493 e. The topological polar surface area (TPSA) is 76.6 Å². The van der Waals surface area contributed by atoms with Gasteiger partial charge in [-0.15, -0.1) is 0 Å². The molecule has 2 aromatic rings. The number of aryl methyl sites for hydroxylation is 1. The second-order valence-corrected chi connectivity index (χ2v) is 6.64. The van der Waals surface area contributed by atoms with Gasteiger partial charge in [-0.05, 0) is 43.5 Å². The quantitative estimate of drug-likeness (QED) is 0.742. The zero-order chi connectivity index (χ0) is 19.9. The van der Waals surface area contributed by atoms with E-state index in [1.54, 1.807) is 26.4 Å². The Morgan fingerprint density at radius 3 is 2.61 bits per heavy atom. The standard InChI is InChI=1S/C21H26N4O3/c1-15-12-20(25-10-4-5-11-25)24-19(23-15)14-22-21(26)9-7-16-6-8-17(27-2)18(13-16)28-3/h6-9,12-13H,4-5,10-11,14H2,1-3H3,(H,22,26)/b9-7+. The minimum absolute atomic E-state index is 0.206. The molecule has 1 aromatic carbocycles. The van der Waals surface area contributed by atoms with Crippen LogP contribution in [0.1, 0.15) is 29.9 Å². The van der Waals surface area contributed by atoms with Crippen LogP contribution in [0.25, 0.3) is 6.08 Å². The monoisotopic (exact) mass is 382 g/mol. The highest BCUT2D eigenvalue weighted by Gasteiger charge is 2.15. The summed E-state index contributed by atoms with van der Waals surface area (Å²) in [5.74, 6) is 2.62. The van der Waals surface area contributed by atoms with Crippen LogP contribution >= 0.6 is 0 Å². The van der Waals surface area contributed by atoms with Crippen LogP contribution in [0.3, 0.4) is 0 Å². The molecule has 0 unspecified atom stereocenters. The molecule has 1 fully saturated rings. The SMILES string of the molecule is COc1ccc(/C=C/C(=O)NCc2nc(C)cc(N3CCCC3)n2)cc1OC. The maximum absolute atomic E-state index is 12.2. The van der Waals surface area contributed by atoms with Gasteiger partial charge in [-0.2, -0.15) is 0 Å². The van der Waals surface area contributed by atoms with Crippen LogP contribution in [0.2, 0.25) is 0 Å². The molecule has 7 nitrogen and oxygen atoms in total. The van der Waals surface area contributed by atoms with Crippen molar-refractivity contribution in [3.63, 3.8) is 0 Å². The van der Waals surface area contributed by atoms with Gasteiger partial charge in [-0.25, -0.2) is 9.97 Å². The molecule has 2 heterocycles. The molecule has 28 heavy (non-hydrogen) atoms. The molecule has 3 rings (SSSR count). The highest BCUT2D eigenvalue weighted by molar-refractivity contribution is 5.91. The van der Waals surface area contributed by atoms with Gasteiger partial charge in [0.05, 0.1) is 20.8 Å². The number of nitrogens with zero attached hydrogens (tertiary/aromatic N) is 3. The summed E-state index contributed by atoms with van der Waals surface area (Å²) in [7, 11) is 3.17. The molecular formula is C21H26N4O3. The first kappa shape index (κ1) is 19.7. The summed E-state index contributed by atoms with van der Waals surface area (Å²) in [5.41, 5.74) is 1.75. The summed E-state index contributed by atoms with van der Waals surface area (Å²) < 4.78 is 10.5. The Morgan fingerprint density at radius 2 is 1.89 bits per heavy atom. The van der Waals surface area contributed by atoms with Crippen molar-refractivity contribution >= 4 is 17.8 Å². The molecule has 0 radical (unpaired) electrons. The third kappa shape index (κ3) is 5.00. The van der Waals surface area contributed by atoms with Crippen LogP contribution in [0.15, 0.2) is 30.3 Å². The highest BCUT2D eigenvalue weighted by atomic mass is 16.5. The Balaban J connectivity index is 1.60. The fraction of sp³-hybridized carbons (Fsp3) is 0.381. The molecule has 1 aromatic heterocycles. The van der Waals surface area contributed by atoms with E-state index in [2.05, 4.69) is 20.2 Å². The number of amides is 1. The molecule has 0 aliphatic carbocycles. The molecule has 0 atom stereocenters. The smallest absolute Gasteiger partial charge is 0.244 e. The number of hydrogen-bond acceptors (Lipinski definition) is 6. The van der Waals surface area contributed by atoms with Gasteiger partial charge >= 0.3 is 0 Å². The average molecular weight is 382 g/mol. The van der Waals surface area contributed by atoms with E-state index >= 15 is 0 Å². The zero-order valence-corrected chi connectivity index (χ0v) is 16.6. The number of ether oxygens (including phenoxy) is 2.